The molecule has 0 aromatic carbocycles. The number of hydrogen-bond donors (Lipinski definition) is 1. The standard InChI is InChI=1S/C11H21F3O/c1-4-6-8-10(3,7-5-2)9(15)11(12,13)14/h9,15H,4-8H2,1-3H3. The van der Waals surface area contributed by atoms with E-state index in [1.165, 1.54) is 6.92 Å². The molecule has 0 saturated heterocycles. The van der Waals surface area contributed by atoms with Crippen LogP contribution >= 0.6 is 0 Å². The number of alkyl halides is 3. The lowest BCUT2D eigenvalue weighted by atomic mass is 9.75. The molecule has 1 nitrogen and oxygen atoms in total. The molecule has 0 aromatic rings. The SMILES string of the molecule is CCCCC(C)(CCC)C(O)C(F)(F)F. The highest BCUT2D eigenvalue weighted by Gasteiger charge is 2.49. The van der Waals surface area contributed by atoms with Crippen molar-refractivity contribution in [1.82, 2.24) is 0 Å². The first-order valence-electron chi connectivity index (χ1n) is 5.52. The highest BCUT2D eigenvalue weighted by molar-refractivity contribution is 4.86. The predicted octanol–water partition coefficient (Wildman–Crippen LogP) is 3.91. The zero-order chi connectivity index (χ0) is 12.1. The Balaban J connectivity index is 4.61. The van der Waals surface area contributed by atoms with Crippen LogP contribution < -0.4 is 0 Å². The van der Waals surface area contributed by atoms with Crippen LogP contribution in [0, 0.1) is 5.41 Å². The lowest BCUT2D eigenvalue weighted by Gasteiger charge is -2.35. The van der Waals surface area contributed by atoms with Gasteiger partial charge < -0.3 is 5.11 Å². The molecule has 0 amide bonds. The summed E-state index contributed by atoms with van der Waals surface area (Å²) in [6, 6.07) is 0. The van der Waals surface area contributed by atoms with Crippen LogP contribution in [0.1, 0.15) is 52.9 Å². The van der Waals surface area contributed by atoms with Crippen LogP contribution in [0.4, 0.5) is 13.2 Å². The maximum Gasteiger partial charge on any atom is 0.414 e. The zero-order valence-electron chi connectivity index (χ0n) is 9.69. The van der Waals surface area contributed by atoms with Crippen LogP contribution in [0.15, 0.2) is 0 Å². The summed E-state index contributed by atoms with van der Waals surface area (Å²) in [6.45, 7) is 5.31. The molecule has 15 heavy (non-hydrogen) atoms. The fourth-order valence-corrected chi connectivity index (χ4v) is 1.95. The predicted molar refractivity (Wildman–Crippen MR) is 54.6 cm³/mol. The van der Waals surface area contributed by atoms with Gasteiger partial charge in [0.2, 0.25) is 0 Å². The summed E-state index contributed by atoms with van der Waals surface area (Å²) in [5.41, 5.74) is -1.02. The van der Waals surface area contributed by atoms with Crippen LogP contribution in [0.25, 0.3) is 0 Å². The van der Waals surface area contributed by atoms with Crippen molar-refractivity contribution < 1.29 is 18.3 Å². The summed E-state index contributed by atoms with van der Waals surface area (Å²) in [4.78, 5) is 0. The van der Waals surface area contributed by atoms with Gasteiger partial charge in [0.15, 0.2) is 6.10 Å². The lowest BCUT2D eigenvalue weighted by molar-refractivity contribution is -0.239. The Morgan fingerprint density at radius 2 is 1.60 bits per heavy atom. The van der Waals surface area contributed by atoms with E-state index in [2.05, 4.69) is 0 Å². The minimum absolute atomic E-state index is 0.410. The quantitative estimate of drug-likeness (QED) is 0.728. The Morgan fingerprint density at radius 3 is 1.93 bits per heavy atom. The van der Waals surface area contributed by atoms with Gasteiger partial charge in [-0.25, -0.2) is 0 Å². The van der Waals surface area contributed by atoms with E-state index in [0.717, 1.165) is 12.8 Å². The van der Waals surface area contributed by atoms with Crippen molar-refractivity contribution in [2.45, 2.75) is 65.2 Å². The van der Waals surface area contributed by atoms with Gasteiger partial charge in [-0.1, -0.05) is 40.0 Å². The van der Waals surface area contributed by atoms with Crippen LogP contribution in [0.3, 0.4) is 0 Å². The molecule has 2 atom stereocenters. The molecule has 0 bridgehead atoms. The summed E-state index contributed by atoms with van der Waals surface area (Å²) < 4.78 is 37.3. The van der Waals surface area contributed by atoms with Crippen molar-refractivity contribution in [3.8, 4) is 0 Å². The van der Waals surface area contributed by atoms with Gasteiger partial charge in [0.1, 0.15) is 0 Å². The molecule has 0 radical (unpaired) electrons. The number of halogens is 3. The van der Waals surface area contributed by atoms with E-state index in [1.54, 1.807) is 0 Å². The second kappa shape index (κ2) is 5.73. The molecule has 0 heterocycles. The van der Waals surface area contributed by atoms with Crippen molar-refractivity contribution in [3.05, 3.63) is 0 Å². The lowest BCUT2D eigenvalue weighted by Crippen LogP contribution is -2.43. The second-order valence-corrected chi connectivity index (χ2v) is 4.45. The van der Waals surface area contributed by atoms with Gasteiger partial charge in [0.05, 0.1) is 0 Å². The van der Waals surface area contributed by atoms with E-state index in [9.17, 15) is 18.3 Å². The fraction of sp³-hybridized carbons (Fsp3) is 1.00. The third-order valence-electron chi connectivity index (χ3n) is 2.89. The molecule has 0 aliphatic heterocycles. The van der Waals surface area contributed by atoms with E-state index < -0.39 is 17.7 Å². The third kappa shape index (κ3) is 4.41. The van der Waals surface area contributed by atoms with Gasteiger partial charge in [-0.2, -0.15) is 13.2 Å². The highest BCUT2D eigenvalue weighted by atomic mass is 19.4. The molecule has 92 valence electrons. The second-order valence-electron chi connectivity index (χ2n) is 4.45. The van der Waals surface area contributed by atoms with Crippen LogP contribution in [0.5, 0.6) is 0 Å². The van der Waals surface area contributed by atoms with Crippen LogP contribution in [-0.2, 0) is 0 Å². The molecule has 2 unspecified atom stereocenters. The van der Waals surface area contributed by atoms with Gasteiger partial charge >= 0.3 is 6.18 Å². The summed E-state index contributed by atoms with van der Waals surface area (Å²) in [5.74, 6) is 0. The average molecular weight is 226 g/mol. The van der Waals surface area contributed by atoms with Crippen LogP contribution in [0.2, 0.25) is 0 Å². The maximum absolute atomic E-state index is 12.4. The summed E-state index contributed by atoms with van der Waals surface area (Å²) in [7, 11) is 0. The summed E-state index contributed by atoms with van der Waals surface area (Å²) in [6.07, 6.45) is -3.62. The minimum Gasteiger partial charge on any atom is -0.383 e. The Hall–Kier alpha value is -0.250. The fourth-order valence-electron chi connectivity index (χ4n) is 1.95. The van der Waals surface area contributed by atoms with E-state index in [0.29, 0.717) is 19.3 Å². The van der Waals surface area contributed by atoms with Crippen molar-refractivity contribution in [2.24, 2.45) is 5.41 Å². The average Bonchev–Trinajstić information content (AvgIpc) is 2.12. The van der Waals surface area contributed by atoms with Crippen molar-refractivity contribution in [1.29, 1.82) is 0 Å². The molecule has 0 aliphatic carbocycles. The van der Waals surface area contributed by atoms with E-state index in [-0.39, 0.29) is 0 Å². The van der Waals surface area contributed by atoms with E-state index in [1.807, 2.05) is 13.8 Å². The van der Waals surface area contributed by atoms with Gasteiger partial charge in [0.25, 0.3) is 0 Å². The largest absolute Gasteiger partial charge is 0.414 e. The number of rotatable bonds is 6. The summed E-state index contributed by atoms with van der Waals surface area (Å²) in [5, 5.41) is 9.34. The van der Waals surface area contributed by atoms with Gasteiger partial charge in [-0.3, -0.25) is 0 Å². The first-order chi connectivity index (χ1) is 6.78. The minimum atomic E-state index is -4.50. The molecule has 0 aromatic heterocycles. The van der Waals surface area contributed by atoms with Crippen molar-refractivity contribution in [3.63, 3.8) is 0 Å². The molecule has 0 aliphatic rings. The molecule has 0 fully saturated rings. The topological polar surface area (TPSA) is 20.2 Å². The Labute approximate surface area is 89.7 Å². The smallest absolute Gasteiger partial charge is 0.383 e. The van der Waals surface area contributed by atoms with E-state index in [4.69, 9.17) is 0 Å². The monoisotopic (exact) mass is 226 g/mol. The highest BCUT2D eigenvalue weighted by Crippen LogP contribution is 2.41. The van der Waals surface area contributed by atoms with Gasteiger partial charge in [0, 0.05) is 5.41 Å². The van der Waals surface area contributed by atoms with Gasteiger partial charge in [-0.05, 0) is 12.8 Å². The number of aliphatic hydroxyl groups excluding tert-OH is 1. The van der Waals surface area contributed by atoms with Crippen molar-refractivity contribution in [2.75, 3.05) is 0 Å². The number of aliphatic hydroxyl groups is 1. The first-order valence-corrected chi connectivity index (χ1v) is 5.52. The Morgan fingerprint density at radius 1 is 1.07 bits per heavy atom. The zero-order valence-corrected chi connectivity index (χ0v) is 9.69. The molecule has 1 N–H and O–H groups in total. The molecule has 0 rings (SSSR count). The molecule has 4 heteroatoms. The van der Waals surface area contributed by atoms with Gasteiger partial charge in [-0.15, -0.1) is 0 Å². The third-order valence-corrected chi connectivity index (χ3v) is 2.89. The van der Waals surface area contributed by atoms with E-state index >= 15 is 0 Å². The normalized spacial score (nSPS) is 18.6. The Kier molecular flexibility index (Phi) is 5.63. The summed E-state index contributed by atoms with van der Waals surface area (Å²) >= 11 is 0. The first kappa shape index (κ1) is 14.8. The molecular formula is C11H21F3O. The number of hydrogen-bond acceptors (Lipinski definition) is 1. The Bertz CT molecular complexity index is 179. The van der Waals surface area contributed by atoms with Crippen LogP contribution in [-0.4, -0.2) is 17.4 Å². The van der Waals surface area contributed by atoms with Crippen molar-refractivity contribution >= 4 is 0 Å². The maximum atomic E-state index is 12.4. The molecule has 0 spiro atoms. The molecular weight excluding hydrogens is 205 g/mol. The molecule has 0 saturated carbocycles. The number of unbranched alkanes of at least 4 members (excludes halogenated alkanes) is 1.